The lowest BCUT2D eigenvalue weighted by Gasteiger charge is -2.17. The van der Waals surface area contributed by atoms with Crippen LogP contribution in [0.4, 0.5) is 0 Å². The van der Waals surface area contributed by atoms with Gasteiger partial charge in [-0.2, -0.15) is 0 Å². The fraction of sp³-hybridized carbons (Fsp3) is 0.125. The van der Waals surface area contributed by atoms with Crippen LogP contribution in [0, 0.1) is 0 Å². The molecule has 1 aromatic carbocycles. The van der Waals surface area contributed by atoms with E-state index in [1.54, 1.807) is 23.4 Å². The quantitative estimate of drug-likeness (QED) is 0.863. The first kappa shape index (κ1) is 15.0. The van der Waals surface area contributed by atoms with Gasteiger partial charge in [0.15, 0.2) is 0 Å². The van der Waals surface area contributed by atoms with Crippen LogP contribution in [0.25, 0.3) is 6.08 Å². The molecule has 0 atom stereocenters. The number of thiophene rings is 1. The minimum atomic E-state index is -1.03. The van der Waals surface area contributed by atoms with E-state index in [0.717, 1.165) is 11.6 Å². The minimum Gasteiger partial charge on any atom is -0.478 e. The molecule has 21 heavy (non-hydrogen) atoms. The molecule has 0 aliphatic heterocycles. The molecule has 2 aromatic rings. The maximum atomic E-state index is 12.4. The molecule has 0 aliphatic carbocycles. The third-order valence-corrected chi connectivity index (χ3v) is 3.82. The number of nitrogens with zero attached hydrogens (tertiary/aromatic N) is 1. The number of rotatable bonds is 5. The fourth-order valence-corrected chi connectivity index (χ4v) is 2.77. The molecule has 0 saturated carbocycles. The minimum absolute atomic E-state index is 0.112. The summed E-state index contributed by atoms with van der Waals surface area (Å²) in [7, 11) is 1.74. The number of carbonyl (C=O) groups is 2. The van der Waals surface area contributed by atoms with E-state index in [1.165, 1.54) is 17.4 Å². The maximum Gasteiger partial charge on any atom is 0.328 e. The molecule has 1 amide bonds. The van der Waals surface area contributed by atoms with Crippen molar-refractivity contribution in [1.82, 2.24) is 4.90 Å². The van der Waals surface area contributed by atoms with Gasteiger partial charge in [-0.15, -0.1) is 11.3 Å². The highest BCUT2D eigenvalue weighted by Crippen LogP contribution is 2.21. The summed E-state index contributed by atoms with van der Waals surface area (Å²) in [6, 6.07) is 11.5. The monoisotopic (exact) mass is 301 g/mol. The molecule has 0 spiro atoms. The van der Waals surface area contributed by atoms with Crippen LogP contribution in [0.15, 0.2) is 47.9 Å². The lowest BCUT2D eigenvalue weighted by Crippen LogP contribution is -2.25. The number of amides is 1. The second-order valence-corrected chi connectivity index (χ2v) is 5.44. The average Bonchev–Trinajstić information content (AvgIpc) is 2.93. The van der Waals surface area contributed by atoms with Crippen molar-refractivity contribution in [3.63, 3.8) is 0 Å². The molecular formula is C16H15NO3S. The van der Waals surface area contributed by atoms with E-state index in [2.05, 4.69) is 0 Å². The largest absolute Gasteiger partial charge is 0.478 e. The Morgan fingerprint density at radius 1 is 1.24 bits per heavy atom. The molecular weight excluding hydrogens is 286 g/mol. The molecule has 0 fully saturated rings. The Labute approximate surface area is 127 Å². The molecule has 1 aromatic heterocycles. The van der Waals surface area contributed by atoms with Crippen molar-refractivity contribution in [3.8, 4) is 0 Å². The normalized spacial score (nSPS) is 10.7. The van der Waals surface area contributed by atoms with E-state index in [9.17, 15) is 9.59 Å². The van der Waals surface area contributed by atoms with Crippen molar-refractivity contribution in [3.05, 3.63) is 63.9 Å². The van der Waals surface area contributed by atoms with Gasteiger partial charge in [-0.1, -0.05) is 30.3 Å². The summed E-state index contributed by atoms with van der Waals surface area (Å²) in [6.07, 6.45) is 2.48. The Morgan fingerprint density at radius 3 is 2.62 bits per heavy atom. The number of carboxylic acids is 1. The van der Waals surface area contributed by atoms with Gasteiger partial charge in [0.2, 0.25) is 0 Å². The Kier molecular flexibility index (Phi) is 4.90. The molecule has 1 heterocycles. The van der Waals surface area contributed by atoms with Gasteiger partial charge in [0, 0.05) is 19.7 Å². The molecule has 2 rings (SSSR count). The highest BCUT2D eigenvalue weighted by molar-refractivity contribution is 7.12. The van der Waals surface area contributed by atoms with Crippen LogP contribution in [0.2, 0.25) is 0 Å². The Hall–Kier alpha value is -2.40. The van der Waals surface area contributed by atoms with E-state index >= 15 is 0 Å². The molecule has 0 bridgehead atoms. The van der Waals surface area contributed by atoms with Crippen LogP contribution in [-0.4, -0.2) is 28.9 Å². The summed E-state index contributed by atoms with van der Waals surface area (Å²) in [5.74, 6) is -1.14. The van der Waals surface area contributed by atoms with Gasteiger partial charge in [0.05, 0.1) is 4.88 Å². The van der Waals surface area contributed by atoms with Crippen LogP contribution in [0.3, 0.4) is 0 Å². The predicted octanol–water partition coefficient (Wildman–Crippen LogP) is 3.12. The van der Waals surface area contributed by atoms with Crippen LogP contribution in [0.1, 0.15) is 20.8 Å². The summed E-state index contributed by atoms with van der Waals surface area (Å²) in [4.78, 5) is 25.2. The van der Waals surface area contributed by atoms with E-state index in [1.807, 2.05) is 30.3 Å². The van der Waals surface area contributed by atoms with Crippen molar-refractivity contribution in [2.24, 2.45) is 0 Å². The third-order valence-electron chi connectivity index (χ3n) is 2.90. The molecule has 0 radical (unpaired) electrons. The molecule has 108 valence electrons. The number of aliphatic carboxylic acids is 1. The van der Waals surface area contributed by atoms with Crippen molar-refractivity contribution in [2.45, 2.75) is 6.54 Å². The van der Waals surface area contributed by atoms with E-state index in [-0.39, 0.29) is 5.91 Å². The molecule has 0 unspecified atom stereocenters. The van der Waals surface area contributed by atoms with Crippen molar-refractivity contribution in [1.29, 1.82) is 0 Å². The van der Waals surface area contributed by atoms with Gasteiger partial charge in [-0.3, -0.25) is 4.79 Å². The van der Waals surface area contributed by atoms with Gasteiger partial charge in [-0.05, 0) is 28.6 Å². The Balaban J connectivity index is 2.13. The third kappa shape index (κ3) is 4.03. The van der Waals surface area contributed by atoms with Crippen molar-refractivity contribution < 1.29 is 14.7 Å². The standard InChI is InChI=1S/C16H15NO3S/c1-17(11-12-5-3-2-4-6-12)16(20)15-13(9-10-21-15)7-8-14(18)19/h2-10H,11H2,1H3,(H,18,19). The summed E-state index contributed by atoms with van der Waals surface area (Å²) >= 11 is 1.31. The van der Waals surface area contributed by atoms with Gasteiger partial charge in [0.25, 0.3) is 5.91 Å². The number of carboxylic acid groups (broad SMARTS) is 1. The average molecular weight is 301 g/mol. The highest BCUT2D eigenvalue weighted by atomic mass is 32.1. The predicted molar refractivity (Wildman–Crippen MR) is 83.2 cm³/mol. The molecule has 1 N–H and O–H groups in total. The summed E-state index contributed by atoms with van der Waals surface area (Å²) in [5, 5.41) is 10.4. The molecule has 5 heteroatoms. The SMILES string of the molecule is CN(Cc1ccccc1)C(=O)c1sccc1C=CC(=O)O. The number of benzene rings is 1. The Bertz CT molecular complexity index is 661. The number of hydrogen-bond donors (Lipinski definition) is 1. The van der Waals surface area contributed by atoms with E-state index < -0.39 is 5.97 Å². The van der Waals surface area contributed by atoms with Crippen LogP contribution in [-0.2, 0) is 11.3 Å². The van der Waals surface area contributed by atoms with Gasteiger partial charge in [-0.25, -0.2) is 4.79 Å². The van der Waals surface area contributed by atoms with Crippen molar-refractivity contribution >= 4 is 29.3 Å². The zero-order chi connectivity index (χ0) is 15.2. The second kappa shape index (κ2) is 6.85. The summed E-state index contributed by atoms with van der Waals surface area (Å²) in [5.41, 5.74) is 1.68. The van der Waals surface area contributed by atoms with Gasteiger partial charge in [0.1, 0.15) is 0 Å². The van der Waals surface area contributed by atoms with E-state index in [4.69, 9.17) is 5.11 Å². The number of carbonyl (C=O) groups excluding carboxylic acids is 1. The van der Waals surface area contributed by atoms with Crippen LogP contribution < -0.4 is 0 Å². The van der Waals surface area contributed by atoms with Gasteiger partial charge < -0.3 is 10.0 Å². The molecule has 0 saturated heterocycles. The topological polar surface area (TPSA) is 57.6 Å². The lowest BCUT2D eigenvalue weighted by molar-refractivity contribution is -0.131. The second-order valence-electron chi connectivity index (χ2n) is 4.52. The zero-order valence-electron chi connectivity index (χ0n) is 11.5. The fourth-order valence-electron chi connectivity index (χ4n) is 1.89. The maximum absolute atomic E-state index is 12.4. The highest BCUT2D eigenvalue weighted by Gasteiger charge is 2.16. The van der Waals surface area contributed by atoms with Crippen LogP contribution >= 0.6 is 11.3 Å². The van der Waals surface area contributed by atoms with E-state index in [0.29, 0.717) is 17.0 Å². The molecule has 4 nitrogen and oxygen atoms in total. The lowest BCUT2D eigenvalue weighted by atomic mass is 10.2. The summed E-state index contributed by atoms with van der Waals surface area (Å²) < 4.78 is 0. The molecule has 0 aliphatic rings. The summed E-state index contributed by atoms with van der Waals surface area (Å²) in [6.45, 7) is 0.514. The van der Waals surface area contributed by atoms with Gasteiger partial charge >= 0.3 is 5.97 Å². The smallest absolute Gasteiger partial charge is 0.328 e. The zero-order valence-corrected chi connectivity index (χ0v) is 12.3. The first-order chi connectivity index (χ1) is 10.1. The van der Waals surface area contributed by atoms with Crippen LogP contribution in [0.5, 0.6) is 0 Å². The Morgan fingerprint density at radius 2 is 1.95 bits per heavy atom. The first-order valence-electron chi connectivity index (χ1n) is 6.36. The number of hydrogen-bond acceptors (Lipinski definition) is 3. The van der Waals surface area contributed by atoms with Crippen molar-refractivity contribution in [2.75, 3.05) is 7.05 Å². The first-order valence-corrected chi connectivity index (χ1v) is 7.24.